The first-order valence-electron chi connectivity index (χ1n) is 5.74. The summed E-state index contributed by atoms with van der Waals surface area (Å²) < 4.78 is 46.9. The molecule has 0 bridgehead atoms. The van der Waals surface area contributed by atoms with Crippen molar-refractivity contribution in [2.75, 3.05) is 20.3 Å². The van der Waals surface area contributed by atoms with Gasteiger partial charge in [-0.25, -0.2) is 13.2 Å². The average Bonchev–Trinajstić information content (AvgIpc) is 2.38. The molecule has 1 atom stereocenters. The van der Waals surface area contributed by atoms with Gasteiger partial charge in [-0.05, 0) is 24.6 Å². The van der Waals surface area contributed by atoms with Gasteiger partial charge in [0.2, 0.25) is 0 Å². The SMILES string of the molecule is COc1ccc(F)cc1C(CCOCC(F)F)NN. The summed E-state index contributed by atoms with van der Waals surface area (Å²) in [6, 6.07) is 3.60. The summed E-state index contributed by atoms with van der Waals surface area (Å²) in [5.74, 6) is 5.43. The van der Waals surface area contributed by atoms with Crippen LogP contribution in [0.15, 0.2) is 18.2 Å². The third kappa shape index (κ3) is 5.06. The van der Waals surface area contributed by atoms with Crippen molar-refractivity contribution in [2.45, 2.75) is 18.9 Å². The van der Waals surface area contributed by atoms with E-state index in [9.17, 15) is 13.2 Å². The number of alkyl halides is 2. The summed E-state index contributed by atoms with van der Waals surface area (Å²) in [7, 11) is 1.46. The highest BCUT2D eigenvalue weighted by molar-refractivity contribution is 5.36. The molecule has 0 heterocycles. The minimum Gasteiger partial charge on any atom is -0.496 e. The first kappa shape index (κ1) is 15.7. The summed E-state index contributed by atoms with van der Waals surface area (Å²) in [6.07, 6.45) is -2.18. The van der Waals surface area contributed by atoms with Crippen molar-refractivity contribution >= 4 is 0 Å². The van der Waals surface area contributed by atoms with Crippen molar-refractivity contribution in [3.8, 4) is 5.75 Å². The fourth-order valence-corrected chi connectivity index (χ4v) is 1.68. The first-order chi connectivity index (χ1) is 9.08. The van der Waals surface area contributed by atoms with Crippen LogP contribution in [0, 0.1) is 5.82 Å². The molecule has 108 valence electrons. The molecule has 0 fully saturated rings. The molecule has 0 saturated carbocycles. The summed E-state index contributed by atoms with van der Waals surface area (Å²) in [6.45, 7) is -0.545. The van der Waals surface area contributed by atoms with Crippen LogP contribution >= 0.6 is 0 Å². The molecular weight excluding hydrogens is 261 g/mol. The fourth-order valence-electron chi connectivity index (χ4n) is 1.68. The lowest BCUT2D eigenvalue weighted by atomic mass is 10.0. The molecule has 0 aromatic heterocycles. The molecule has 1 unspecified atom stereocenters. The maximum absolute atomic E-state index is 13.2. The first-order valence-corrected chi connectivity index (χ1v) is 5.74. The van der Waals surface area contributed by atoms with E-state index >= 15 is 0 Å². The van der Waals surface area contributed by atoms with Crippen LogP contribution in [-0.4, -0.2) is 26.7 Å². The molecule has 4 nitrogen and oxygen atoms in total. The Kier molecular flexibility index (Phi) is 6.61. The van der Waals surface area contributed by atoms with E-state index in [4.69, 9.17) is 15.3 Å². The lowest BCUT2D eigenvalue weighted by Crippen LogP contribution is -2.29. The lowest BCUT2D eigenvalue weighted by molar-refractivity contribution is 0.0143. The van der Waals surface area contributed by atoms with E-state index in [-0.39, 0.29) is 6.61 Å². The molecular formula is C12H17F3N2O2. The van der Waals surface area contributed by atoms with Crippen LogP contribution in [0.1, 0.15) is 18.0 Å². The Morgan fingerprint density at radius 1 is 1.37 bits per heavy atom. The van der Waals surface area contributed by atoms with Crippen LogP contribution in [0.3, 0.4) is 0 Å². The van der Waals surface area contributed by atoms with E-state index in [0.29, 0.717) is 17.7 Å². The van der Waals surface area contributed by atoms with E-state index in [1.54, 1.807) is 0 Å². The zero-order chi connectivity index (χ0) is 14.3. The van der Waals surface area contributed by atoms with Crippen LogP contribution in [0.25, 0.3) is 0 Å². The number of hydrogen-bond donors (Lipinski definition) is 2. The van der Waals surface area contributed by atoms with Crippen molar-refractivity contribution in [3.63, 3.8) is 0 Å². The van der Waals surface area contributed by atoms with Crippen molar-refractivity contribution in [2.24, 2.45) is 5.84 Å². The topological polar surface area (TPSA) is 56.5 Å². The molecule has 0 aliphatic rings. The van der Waals surface area contributed by atoms with Gasteiger partial charge in [0.25, 0.3) is 6.43 Å². The monoisotopic (exact) mass is 278 g/mol. The van der Waals surface area contributed by atoms with Crippen LogP contribution in [-0.2, 0) is 4.74 Å². The molecule has 0 amide bonds. The smallest absolute Gasteiger partial charge is 0.261 e. The van der Waals surface area contributed by atoms with Crippen molar-refractivity contribution in [1.82, 2.24) is 5.43 Å². The normalized spacial score (nSPS) is 12.7. The molecule has 1 aromatic carbocycles. The minimum atomic E-state index is -2.51. The van der Waals surface area contributed by atoms with E-state index in [0.717, 1.165) is 0 Å². The summed E-state index contributed by atoms with van der Waals surface area (Å²) in [5.41, 5.74) is 3.01. The predicted octanol–water partition coefficient (Wildman–Crippen LogP) is 2.01. The highest BCUT2D eigenvalue weighted by Gasteiger charge is 2.16. The third-order valence-electron chi connectivity index (χ3n) is 2.56. The second kappa shape index (κ2) is 7.98. The van der Waals surface area contributed by atoms with Gasteiger partial charge in [0.05, 0.1) is 13.2 Å². The number of halogens is 3. The molecule has 7 heteroatoms. The van der Waals surface area contributed by atoms with Gasteiger partial charge in [-0.15, -0.1) is 0 Å². The number of nitrogens with one attached hydrogen (secondary N) is 1. The summed E-state index contributed by atoms with van der Waals surface area (Å²) >= 11 is 0. The Morgan fingerprint density at radius 2 is 2.11 bits per heavy atom. The highest BCUT2D eigenvalue weighted by Crippen LogP contribution is 2.27. The van der Waals surface area contributed by atoms with Crippen LogP contribution < -0.4 is 16.0 Å². The number of hydrogen-bond acceptors (Lipinski definition) is 4. The lowest BCUT2D eigenvalue weighted by Gasteiger charge is -2.19. The number of ether oxygens (including phenoxy) is 2. The van der Waals surface area contributed by atoms with E-state index in [1.807, 2.05) is 0 Å². The molecule has 3 N–H and O–H groups in total. The Hall–Kier alpha value is -1.31. The largest absolute Gasteiger partial charge is 0.496 e. The minimum absolute atomic E-state index is 0.0822. The average molecular weight is 278 g/mol. The quantitative estimate of drug-likeness (QED) is 0.434. The van der Waals surface area contributed by atoms with Crippen molar-refractivity contribution in [1.29, 1.82) is 0 Å². The Balaban J connectivity index is 2.65. The van der Waals surface area contributed by atoms with Crippen LogP contribution in [0.5, 0.6) is 5.75 Å². The van der Waals surface area contributed by atoms with Gasteiger partial charge in [0, 0.05) is 12.2 Å². The van der Waals surface area contributed by atoms with Crippen LogP contribution in [0.2, 0.25) is 0 Å². The third-order valence-corrected chi connectivity index (χ3v) is 2.56. The van der Waals surface area contributed by atoms with Crippen molar-refractivity contribution in [3.05, 3.63) is 29.6 Å². The molecule has 0 spiro atoms. The Labute approximate surface area is 109 Å². The maximum Gasteiger partial charge on any atom is 0.261 e. The zero-order valence-corrected chi connectivity index (χ0v) is 10.5. The van der Waals surface area contributed by atoms with E-state index in [2.05, 4.69) is 5.43 Å². The number of methoxy groups -OCH3 is 1. The molecule has 0 aliphatic carbocycles. The van der Waals surface area contributed by atoms with Crippen molar-refractivity contribution < 1.29 is 22.6 Å². The predicted molar refractivity (Wildman–Crippen MR) is 64.5 cm³/mol. The van der Waals surface area contributed by atoms with E-state index in [1.165, 1.54) is 25.3 Å². The van der Waals surface area contributed by atoms with Gasteiger partial charge in [-0.3, -0.25) is 11.3 Å². The number of nitrogens with two attached hydrogens (primary N) is 1. The second-order valence-corrected chi connectivity index (χ2v) is 3.86. The standard InChI is InChI=1S/C12H17F3N2O2/c1-18-11-3-2-8(13)6-9(11)10(17-16)4-5-19-7-12(14)15/h2-3,6,10,12,17H,4-5,7,16H2,1H3. The van der Waals surface area contributed by atoms with Gasteiger partial charge in [0.15, 0.2) is 0 Å². The highest BCUT2D eigenvalue weighted by atomic mass is 19.3. The summed E-state index contributed by atoms with van der Waals surface area (Å²) in [5, 5.41) is 0. The zero-order valence-electron chi connectivity index (χ0n) is 10.5. The maximum atomic E-state index is 13.2. The van der Waals surface area contributed by atoms with Gasteiger partial charge >= 0.3 is 0 Å². The molecule has 19 heavy (non-hydrogen) atoms. The summed E-state index contributed by atoms with van der Waals surface area (Å²) in [4.78, 5) is 0. The van der Waals surface area contributed by atoms with E-state index < -0.39 is 24.9 Å². The second-order valence-electron chi connectivity index (χ2n) is 3.86. The van der Waals surface area contributed by atoms with Gasteiger partial charge in [0.1, 0.15) is 18.2 Å². The number of hydrazine groups is 1. The molecule has 0 saturated heterocycles. The van der Waals surface area contributed by atoms with Crippen LogP contribution in [0.4, 0.5) is 13.2 Å². The molecule has 1 aromatic rings. The van der Waals surface area contributed by atoms with Gasteiger partial charge in [-0.2, -0.15) is 0 Å². The molecule has 0 radical (unpaired) electrons. The van der Waals surface area contributed by atoms with Gasteiger partial charge in [-0.1, -0.05) is 0 Å². The Morgan fingerprint density at radius 3 is 2.68 bits per heavy atom. The number of rotatable bonds is 8. The molecule has 1 rings (SSSR count). The molecule has 0 aliphatic heterocycles. The number of benzene rings is 1. The Bertz CT molecular complexity index is 391. The fraction of sp³-hybridized carbons (Fsp3) is 0.500. The van der Waals surface area contributed by atoms with Gasteiger partial charge < -0.3 is 9.47 Å².